The lowest BCUT2D eigenvalue weighted by molar-refractivity contribution is -0.0498. The van der Waals surface area contributed by atoms with Crippen molar-refractivity contribution < 1.29 is 23.0 Å². The van der Waals surface area contributed by atoms with Crippen molar-refractivity contribution in [3.8, 4) is 17.6 Å². The predicted octanol–water partition coefficient (Wildman–Crippen LogP) is 4.09. The van der Waals surface area contributed by atoms with E-state index in [1.165, 1.54) is 43.5 Å². The van der Waals surface area contributed by atoms with Gasteiger partial charge >= 0.3 is 6.61 Å². The van der Waals surface area contributed by atoms with Gasteiger partial charge < -0.3 is 9.47 Å². The topological polar surface area (TPSA) is 59.3 Å². The molecule has 0 amide bonds. The maximum Gasteiger partial charge on any atom is 0.387 e. The third-order valence-corrected chi connectivity index (χ3v) is 3.11. The molecule has 0 N–H and O–H groups in total. The molecule has 0 atom stereocenters. The number of allylic oxidation sites excluding steroid dienone is 1. The van der Waals surface area contributed by atoms with E-state index >= 15 is 0 Å². The number of carbonyl (C=O) groups is 1. The van der Waals surface area contributed by atoms with Crippen LogP contribution < -0.4 is 9.47 Å². The van der Waals surface area contributed by atoms with Gasteiger partial charge in [-0.25, -0.2) is 0 Å². The number of rotatable bonds is 6. The van der Waals surface area contributed by atoms with Crippen LogP contribution in [0.25, 0.3) is 6.08 Å². The van der Waals surface area contributed by atoms with E-state index in [1.807, 2.05) is 6.07 Å². The number of ether oxygens (including phenoxy) is 2. The number of Topliss-reactive ketones (excluding diaryl/α,β-unsaturated/α-hetero) is 1. The summed E-state index contributed by atoms with van der Waals surface area (Å²) in [7, 11) is 1.48. The van der Waals surface area contributed by atoms with E-state index < -0.39 is 12.4 Å². The summed E-state index contributed by atoms with van der Waals surface area (Å²) in [5, 5.41) is 9.22. The van der Waals surface area contributed by atoms with Crippen LogP contribution in [0, 0.1) is 11.3 Å². The van der Waals surface area contributed by atoms with Crippen LogP contribution in [0.3, 0.4) is 0 Å². The van der Waals surface area contributed by atoms with Gasteiger partial charge in [0.2, 0.25) is 5.78 Å². The number of halogens is 2. The fraction of sp³-hybridized carbons (Fsp3) is 0.111. The fourth-order valence-corrected chi connectivity index (χ4v) is 1.98. The molecule has 0 aromatic heterocycles. The first-order chi connectivity index (χ1) is 11.5. The largest absolute Gasteiger partial charge is 0.497 e. The minimum atomic E-state index is -2.91. The highest BCUT2D eigenvalue weighted by Crippen LogP contribution is 2.19. The SMILES string of the molecule is COc1cccc(C(=O)C(C#N)=Cc2ccc(OC(F)F)cc2)c1. The second-order valence-corrected chi connectivity index (χ2v) is 4.68. The molecule has 4 nitrogen and oxygen atoms in total. The van der Waals surface area contributed by atoms with Crippen LogP contribution in [0.1, 0.15) is 15.9 Å². The molecular formula is C18H13F2NO3. The number of hydrogen-bond donors (Lipinski definition) is 0. The normalized spacial score (nSPS) is 11.0. The lowest BCUT2D eigenvalue weighted by atomic mass is 10.0. The van der Waals surface area contributed by atoms with Crippen LogP contribution in [0.15, 0.2) is 54.1 Å². The van der Waals surface area contributed by atoms with E-state index in [2.05, 4.69) is 4.74 Å². The van der Waals surface area contributed by atoms with Crippen molar-refractivity contribution in [2.24, 2.45) is 0 Å². The van der Waals surface area contributed by atoms with Gasteiger partial charge in [0.1, 0.15) is 23.1 Å². The summed E-state index contributed by atoms with van der Waals surface area (Å²) in [5.74, 6) is 0.0516. The Morgan fingerprint density at radius 3 is 2.46 bits per heavy atom. The second kappa shape index (κ2) is 7.88. The number of alkyl halides is 2. The van der Waals surface area contributed by atoms with Gasteiger partial charge in [0.05, 0.1) is 7.11 Å². The standard InChI is InChI=1S/C18H13F2NO3/c1-23-16-4-2-3-13(10-16)17(22)14(11-21)9-12-5-7-15(8-6-12)24-18(19)20/h2-10,18H,1H3. The molecule has 0 fully saturated rings. The van der Waals surface area contributed by atoms with E-state index in [0.717, 1.165) is 0 Å². The molecule has 0 saturated carbocycles. The van der Waals surface area contributed by atoms with Crippen molar-refractivity contribution in [2.45, 2.75) is 6.61 Å². The molecule has 6 heteroatoms. The lowest BCUT2D eigenvalue weighted by Crippen LogP contribution is -2.02. The Morgan fingerprint density at radius 2 is 1.88 bits per heavy atom. The van der Waals surface area contributed by atoms with Crippen LogP contribution in [0.4, 0.5) is 8.78 Å². The van der Waals surface area contributed by atoms with Gasteiger partial charge in [-0.15, -0.1) is 0 Å². The Balaban J connectivity index is 2.25. The first-order valence-electron chi connectivity index (χ1n) is 6.89. The maximum atomic E-state index is 12.4. The third kappa shape index (κ3) is 4.40. The van der Waals surface area contributed by atoms with E-state index in [-0.39, 0.29) is 11.3 Å². The highest BCUT2D eigenvalue weighted by atomic mass is 19.3. The van der Waals surface area contributed by atoms with E-state index in [9.17, 15) is 18.8 Å². The quantitative estimate of drug-likeness (QED) is 0.455. The molecule has 0 bridgehead atoms. The van der Waals surface area contributed by atoms with E-state index in [4.69, 9.17) is 4.74 Å². The van der Waals surface area contributed by atoms with Crippen molar-refractivity contribution >= 4 is 11.9 Å². The smallest absolute Gasteiger partial charge is 0.387 e. The van der Waals surface area contributed by atoms with Crippen molar-refractivity contribution in [1.29, 1.82) is 5.26 Å². The summed E-state index contributed by atoms with van der Waals surface area (Å²) in [4.78, 5) is 12.4. The molecule has 2 rings (SSSR count). The lowest BCUT2D eigenvalue weighted by Gasteiger charge is -2.05. The second-order valence-electron chi connectivity index (χ2n) is 4.68. The highest BCUT2D eigenvalue weighted by Gasteiger charge is 2.13. The number of hydrogen-bond acceptors (Lipinski definition) is 4. The maximum absolute atomic E-state index is 12.4. The molecule has 2 aromatic carbocycles. The Kier molecular flexibility index (Phi) is 5.63. The molecule has 0 aliphatic heterocycles. The van der Waals surface area contributed by atoms with Crippen LogP contribution in [-0.2, 0) is 0 Å². The van der Waals surface area contributed by atoms with Crippen LogP contribution in [0.2, 0.25) is 0 Å². The number of nitriles is 1. The zero-order chi connectivity index (χ0) is 17.5. The average Bonchev–Trinajstić information content (AvgIpc) is 2.60. The molecule has 0 unspecified atom stereocenters. The summed E-state index contributed by atoms with van der Waals surface area (Å²) in [6, 6.07) is 13.9. The number of nitrogens with zero attached hydrogens (tertiary/aromatic N) is 1. The summed E-state index contributed by atoms with van der Waals surface area (Å²) >= 11 is 0. The molecule has 2 aromatic rings. The highest BCUT2D eigenvalue weighted by molar-refractivity contribution is 6.14. The van der Waals surface area contributed by atoms with Gasteiger partial charge in [-0.2, -0.15) is 14.0 Å². The zero-order valence-corrected chi connectivity index (χ0v) is 12.7. The summed E-state index contributed by atoms with van der Waals surface area (Å²) in [6.07, 6.45) is 1.38. The zero-order valence-electron chi connectivity index (χ0n) is 12.7. The van der Waals surface area contributed by atoms with Gasteiger partial charge in [0, 0.05) is 5.56 Å². The van der Waals surface area contributed by atoms with Gasteiger partial charge in [-0.1, -0.05) is 24.3 Å². The minimum Gasteiger partial charge on any atom is -0.497 e. The van der Waals surface area contributed by atoms with Crippen LogP contribution >= 0.6 is 0 Å². The monoisotopic (exact) mass is 329 g/mol. The van der Waals surface area contributed by atoms with Crippen LogP contribution in [0.5, 0.6) is 11.5 Å². The van der Waals surface area contributed by atoms with Crippen molar-refractivity contribution in [3.05, 3.63) is 65.2 Å². The molecule has 0 saturated heterocycles. The number of methoxy groups -OCH3 is 1. The Bertz CT molecular complexity index is 793. The minimum absolute atomic E-state index is 0.000204. The Morgan fingerprint density at radius 1 is 1.17 bits per heavy atom. The van der Waals surface area contributed by atoms with Gasteiger partial charge in [0.25, 0.3) is 0 Å². The van der Waals surface area contributed by atoms with E-state index in [1.54, 1.807) is 18.2 Å². The van der Waals surface area contributed by atoms with E-state index in [0.29, 0.717) is 16.9 Å². The van der Waals surface area contributed by atoms with Crippen molar-refractivity contribution in [3.63, 3.8) is 0 Å². The Labute approximate surface area is 137 Å². The predicted molar refractivity (Wildman–Crippen MR) is 84.0 cm³/mol. The molecule has 24 heavy (non-hydrogen) atoms. The van der Waals surface area contributed by atoms with Crippen LogP contribution in [-0.4, -0.2) is 19.5 Å². The van der Waals surface area contributed by atoms with Gasteiger partial charge in [-0.05, 0) is 35.9 Å². The molecular weight excluding hydrogens is 316 g/mol. The number of ketones is 1. The fourth-order valence-electron chi connectivity index (χ4n) is 1.98. The first kappa shape index (κ1) is 17.2. The molecule has 0 spiro atoms. The summed E-state index contributed by atoms with van der Waals surface area (Å²) in [6.45, 7) is -2.91. The number of carbonyl (C=O) groups excluding carboxylic acids is 1. The molecule has 0 aliphatic carbocycles. The molecule has 0 aliphatic rings. The van der Waals surface area contributed by atoms with Crippen molar-refractivity contribution in [2.75, 3.05) is 7.11 Å². The van der Waals surface area contributed by atoms with Crippen molar-refractivity contribution in [1.82, 2.24) is 0 Å². The Hall–Kier alpha value is -3.20. The third-order valence-electron chi connectivity index (χ3n) is 3.11. The number of benzene rings is 2. The summed E-state index contributed by atoms with van der Waals surface area (Å²) < 4.78 is 33.5. The molecule has 0 heterocycles. The van der Waals surface area contributed by atoms with Gasteiger partial charge in [-0.3, -0.25) is 4.79 Å². The van der Waals surface area contributed by atoms with Gasteiger partial charge in [0.15, 0.2) is 0 Å². The molecule has 0 radical (unpaired) electrons. The average molecular weight is 329 g/mol. The first-order valence-corrected chi connectivity index (χ1v) is 6.89. The molecule has 122 valence electrons. The summed E-state index contributed by atoms with van der Waals surface area (Å²) in [5.41, 5.74) is 0.759.